The van der Waals surface area contributed by atoms with Gasteiger partial charge >= 0.3 is 0 Å². The summed E-state index contributed by atoms with van der Waals surface area (Å²) in [6.07, 6.45) is 2.75. The van der Waals surface area contributed by atoms with Gasteiger partial charge in [0.05, 0.1) is 16.5 Å². The van der Waals surface area contributed by atoms with Gasteiger partial charge in [-0.25, -0.2) is 0 Å². The quantitative estimate of drug-likeness (QED) is 0.380. The average molecular weight is 433 g/mol. The van der Waals surface area contributed by atoms with E-state index in [1.54, 1.807) is 23.5 Å². The fourth-order valence-electron chi connectivity index (χ4n) is 2.87. The topological polar surface area (TPSA) is 59.8 Å². The van der Waals surface area contributed by atoms with Crippen LogP contribution in [0.5, 0.6) is 0 Å². The Bertz CT molecular complexity index is 996. The molecule has 1 amide bonds. The molecule has 8 heteroatoms. The van der Waals surface area contributed by atoms with Gasteiger partial charge in [0.2, 0.25) is 5.91 Å². The number of thiophene rings is 1. The minimum absolute atomic E-state index is 0.145. The Morgan fingerprint density at radius 2 is 2.18 bits per heavy atom. The Labute approximate surface area is 177 Å². The average Bonchev–Trinajstić information content (AvgIpc) is 3.25. The summed E-state index contributed by atoms with van der Waals surface area (Å²) >= 11 is 9.16. The zero-order valence-electron chi connectivity index (χ0n) is 15.7. The fraction of sp³-hybridized carbons (Fsp3) is 0.250. The molecule has 0 bridgehead atoms. The smallest absolute Gasteiger partial charge is 0.234 e. The van der Waals surface area contributed by atoms with Gasteiger partial charge < -0.3 is 5.32 Å². The second-order valence-electron chi connectivity index (χ2n) is 6.06. The second kappa shape index (κ2) is 9.41. The van der Waals surface area contributed by atoms with Crippen LogP contribution in [-0.2, 0) is 17.8 Å². The number of para-hydroxylation sites is 1. The van der Waals surface area contributed by atoms with E-state index in [9.17, 15) is 4.79 Å². The first-order valence-electron chi connectivity index (χ1n) is 8.83. The number of halogens is 1. The van der Waals surface area contributed by atoms with Crippen LogP contribution in [0.1, 0.15) is 17.4 Å². The van der Waals surface area contributed by atoms with Crippen molar-refractivity contribution in [3.05, 3.63) is 57.8 Å². The van der Waals surface area contributed by atoms with E-state index in [4.69, 9.17) is 11.6 Å². The molecule has 0 spiro atoms. The maximum Gasteiger partial charge on any atom is 0.234 e. The van der Waals surface area contributed by atoms with Crippen molar-refractivity contribution in [3.63, 3.8) is 0 Å². The van der Waals surface area contributed by atoms with E-state index < -0.39 is 0 Å². The molecule has 1 aromatic carbocycles. The molecule has 5 nitrogen and oxygen atoms in total. The highest BCUT2D eigenvalue weighted by molar-refractivity contribution is 7.99. The highest BCUT2D eigenvalue weighted by Crippen LogP contribution is 2.32. The normalized spacial score (nSPS) is 10.8. The number of rotatable bonds is 8. The van der Waals surface area contributed by atoms with Crippen molar-refractivity contribution in [2.75, 3.05) is 11.1 Å². The molecule has 2 aromatic heterocycles. The molecule has 0 fully saturated rings. The van der Waals surface area contributed by atoms with E-state index in [1.165, 1.54) is 22.2 Å². The third kappa shape index (κ3) is 4.48. The number of aryl methyl sites for hydroxylation is 1. The lowest BCUT2D eigenvalue weighted by Crippen LogP contribution is -2.15. The zero-order valence-corrected chi connectivity index (χ0v) is 18.1. The molecule has 3 aromatic rings. The van der Waals surface area contributed by atoms with E-state index in [0.717, 1.165) is 17.8 Å². The number of nitrogens with zero attached hydrogens (tertiary/aromatic N) is 3. The summed E-state index contributed by atoms with van der Waals surface area (Å²) in [5, 5.41) is 14.9. The van der Waals surface area contributed by atoms with Crippen LogP contribution in [0.25, 0.3) is 11.4 Å². The summed E-state index contributed by atoms with van der Waals surface area (Å²) in [5.41, 5.74) is 2.99. The fourth-order valence-corrected chi connectivity index (χ4v) is 4.74. The Balaban J connectivity index is 1.77. The predicted molar refractivity (Wildman–Crippen MR) is 118 cm³/mol. The third-order valence-electron chi connectivity index (χ3n) is 4.21. The number of hydrogen-bond acceptors (Lipinski definition) is 5. The minimum atomic E-state index is -0.145. The molecule has 28 heavy (non-hydrogen) atoms. The van der Waals surface area contributed by atoms with Crippen LogP contribution in [0.3, 0.4) is 0 Å². The first-order valence-corrected chi connectivity index (χ1v) is 11.1. The van der Waals surface area contributed by atoms with Crippen LogP contribution < -0.4 is 5.32 Å². The Kier molecular flexibility index (Phi) is 6.93. The first kappa shape index (κ1) is 20.6. The van der Waals surface area contributed by atoms with Crippen LogP contribution in [-0.4, -0.2) is 26.4 Å². The molecule has 146 valence electrons. The third-order valence-corrected chi connectivity index (χ3v) is 6.46. The highest BCUT2D eigenvalue weighted by atomic mass is 35.5. The van der Waals surface area contributed by atoms with E-state index >= 15 is 0 Å². The van der Waals surface area contributed by atoms with Crippen LogP contribution in [0, 0.1) is 6.92 Å². The SMILES string of the molecule is C=CCn1c(SCC(=O)Nc2ccccc2Cl)nnc1-c1csc(C)c1CC. The van der Waals surface area contributed by atoms with Gasteiger partial charge in [0.1, 0.15) is 0 Å². The van der Waals surface area contributed by atoms with Crippen LogP contribution in [0.2, 0.25) is 5.02 Å². The molecule has 1 N–H and O–H groups in total. The molecule has 0 saturated heterocycles. The lowest BCUT2D eigenvalue weighted by atomic mass is 10.1. The lowest BCUT2D eigenvalue weighted by molar-refractivity contribution is -0.113. The molecule has 3 rings (SSSR count). The number of carbonyl (C=O) groups excluding carboxylic acids is 1. The number of nitrogens with one attached hydrogen (secondary N) is 1. The zero-order chi connectivity index (χ0) is 20.1. The number of aromatic nitrogens is 3. The van der Waals surface area contributed by atoms with E-state index in [-0.39, 0.29) is 11.7 Å². The van der Waals surface area contributed by atoms with E-state index in [2.05, 4.69) is 41.3 Å². The summed E-state index contributed by atoms with van der Waals surface area (Å²) in [5.74, 6) is 0.882. The predicted octanol–water partition coefficient (Wildman–Crippen LogP) is 5.45. The lowest BCUT2D eigenvalue weighted by Gasteiger charge is -2.09. The summed E-state index contributed by atoms with van der Waals surface area (Å²) in [6.45, 7) is 8.68. The number of hydrogen-bond donors (Lipinski definition) is 1. The maximum absolute atomic E-state index is 12.3. The second-order valence-corrected chi connectivity index (χ2v) is 8.49. The molecular formula is C20H21ClN4OS2. The maximum atomic E-state index is 12.3. The van der Waals surface area contributed by atoms with Crippen molar-refractivity contribution >= 4 is 46.3 Å². The summed E-state index contributed by atoms with van der Waals surface area (Å²) < 4.78 is 2.00. The standard InChI is InChI=1S/C20H21ClN4OS2/c1-4-10-25-19(15-11-27-13(3)14(15)5-2)23-24-20(25)28-12-18(26)22-17-9-7-6-8-16(17)21/h4,6-9,11H,1,5,10,12H2,2-3H3,(H,22,26). The van der Waals surface area contributed by atoms with Crippen molar-refractivity contribution in [1.29, 1.82) is 0 Å². The van der Waals surface area contributed by atoms with Gasteiger partial charge in [-0.2, -0.15) is 0 Å². The van der Waals surface area contributed by atoms with Crippen LogP contribution >= 0.6 is 34.7 Å². The van der Waals surface area contributed by atoms with Gasteiger partial charge in [0.25, 0.3) is 0 Å². The van der Waals surface area contributed by atoms with Gasteiger partial charge in [-0.3, -0.25) is 9.36 Å². The molecule has 0 aliphatic rings. The molecular weight excluding hydrogens is 412 g/mol. The van der Waals surface area contributed by atoms with Gasteiger partial charge in [-0.15, -0.1) is 28.1 Å². The largest absolute Gasteiger partial charge is 0.324 e. The first-order chi connectivity index (χ1) is 13.5. The van der Waals surface area contributed by atoms with Gasteiger partial charge in [0.15, 0.2) is 11.0 Å². The van der Waals surface area contributed by atoms with Crippen molar-refractivity contribution in [3.8, 4) is 11.4 Å². The number of carbonyl (C=O) groups is 1. The molecule has 0 aliphatic heterocycles. The number of amides is 1. The van der Waals surface area contributed by atoms with Gasteiger partial charge in [-0.05, 0) is 31.0 Å². The summed E-state index contributed by atoms with van der Waals surface area (Å²) in [4.78, 5) is 13.6. The molecule has 0 saturated carbocycles. The molecule has 0 aliphatic carbocycles. The Morgan fingerprint density at radius 1 is 1.39 bits per heavy atom. The number of benzene rings is 1. The number of allylic oxidation sites excluding steroid dienone is 1. The Morgan fingerprint density at radius 3 is 2.89 bits per heavy atom. The Hall–Kier alpha value is -2.09. The van der Waals surface area contributed by atoms with Crippen molar-refractivity contribution < 1.29 is 4.79 Å². The van der Waals surface area contributed by atoms with Gasteiger partial charge in [-0.1, -0.05) is 48.5 Å². The molecule has 2 heterocycles. The monoisotopic (exact) mass is 432 g/mol. The van der Waals surface area contributed by atoms with Crippen molar-refractivity contribution in [2.45, 2.75) is 32.0 Å². The molecule has 0 radical (unpaired) electrons. The number of anilines is 1. The van der Waals surface area contributed by atoms with Crippen molar-refractivity contribution in [1.82, 2.24) is 14.8 Å². The van der Waals surface area contributed by atoms with Crippen molar-refractivity contribution in [2.24, 2.45) is 0 Å². The van der Waals surface area contributed by atoms with Crippen LogP contribution in [0.15, 0.2) is 47.5 Å². The summed E-state index contributed by atoms with van der Waals surface area (Å²) in [7, 11) is 0. The minimum Gasteiger partial charge on any atom is -0.324 e. The highest BCUT2D eigenvalue weighted by Gasteiger charge is 2.19. The van der Waals surface area contributed by atoms with Crippen LogP contribution in [0.4, 0.5) is 5.69 Å². The number of thioether (sulfide) groups is 1. The molecule has 0 unspecified atom stereocenters. The molecule has 0 atom stereocenters. The van der Waals surface area contributed by atoms with Gasteiger partial charge in [0, 0.05) is 22.4 Å². The summed E-state index contributed by atoms with van der Waals surface area (Å²) in [6, 6.07) is 7.17. The van der Waals surface area contributed by atoms with E-state index in [0.29, 0.717) is 22.4 Å². The van der Waals surface area contributed by atoms with E-state index in [1.807, 2.05) is 22.8 Å².